The third-order valence-electron chi connectivity index (χ3n) is 2.43. The van der Waals surface area contributed by atoms with Crippen molar-refractivity contribution < 1.29 is 4.79 Å². The zero-order valence-corrected chi connectivity index (χ0v) is 12.5. The van der Waals surface area contributed by atoms with Gasteiger partial charge in [0.15, 0.2) is 0 Å². The minimum absolute atomic E-state index is 0.176. The molecule has 19 heavy (non-hydrogen) atoms. The number of nitrogens with one attached hydrogen (secondary N) is 1. The van der Waals surface area contributed by atoms with Crippen LogP contribution in [-0.2, 0) is 17.6 Å². The fourth-order valence-corrected chi connectivity index (χ4v) is 2.96. The second-order valence-corrected chi connectivity index (χ2v) is 6.10. The predicted octanol–water partition coefficient (Wildman–Crippen LogP) is 3.38. The molecule has 0 bridgehead atoms. The Morgan fingerprint density at radius 3 is 2.74 bits per heavy atom. The van der Waals surface area contributed by atoms with Gasteiger partial charge >= 0.3 is 0 Å². The standard InChI is InChI=1S/C13H15N3OS2/c1-3-9-5-6-10(18-9)7-8-11(17)14-13-16-15-12(4-2)19-13/h5-8H,3-4H2,1-2H3,(H,14,16,17). The first-order valence-electron chi connectivity index (χ1n) is 6.11. The summed E-state index contributed by atoms with van der Waals surface area (Å²) in [6.07, 6.45) is 5.20. The Hall–Kier alpha value is -1.53. The molecule has 0 unspecified atom stereocenters. The lowest BCUT2D eigenvalue weighted by atomic mass is 10.3. The number of aromatic nitrogens is 2. The van der Waals surface area contributed by atoms with Crippen LogP contribution in [0.3, 0.4) is 0 Å². The number of rotatable bonds is 5. The highest BCUT2D eigenvalue weighted by Gasteiger charge is 2.04. The molecular weight excluding hydrogens is 278 g/mol. The number of nitrogens with zero attached hydrogens (tertiary/aromatic N) is 2. The Labute approximate surface area is 120 Å². The van der Waals surface area contributed by atoms with Crippen LogP contribution in [0.5, 0.6) is 0 Å². The summed E-state index contributed by atoms with van der Waals surface area (Å²) in [6, 6.07) is 4.11. The van der Waals surface area contributed by atoms with Crippen molar-refractivity contribution >= 4 is 39.8 Å². The third-order valence-corrected chi connectivity index (χ3v) is 4.61. The Bertz CT molecular complexity index is 586. The molecule has 6 heteroatoms. The van der Waals surface area contributed by atoms with Crippen LogP contribution in [0.1, 0.15) is 28.6 Å². The van der Waals surface area contributed by atoms with E-state index in [0.29, 0.717) is 5.13 Å². The average molecular weight is 293 g/mol. The maximum absolute atomic E-state index is 11.7. The molecule has 0 fully saturated rings. The van der Waals surface area contributed by atoms with E-state index in [2.05, 4.69) is 28.5 Å². The van der Waals surface area contributed by atoms with Crippen LogP contribution in [-0.4, -0.2) is 16.1 Å². The molecule has 1 amide bonds. The Morgan fingerprint density at radius 1 is 1.26 bits per heavy atom. The first kappa shape index (κ1) is 13.9. The summed E-state index contributed by atoms with van der Waals surface area (Å²) < 4.78 is 0. The molecule has 2 rings (SSSR count). The van der Waals surface area contributed by atoms with Gasteiger partial charge in [-0.2, -0.15) is 0 Å². The van der Waals surface area contributed by atoms with Crippen LogP contribution in [0.2, 0.25) is 0 Å². The third kappa shape index (κ3) is 3.97. The van der Waals surface area contributed by atoms with E-state index in [1.807, 2.05) is 19.1 Å². The number of hydrogen-bond donors (Lipinski definition) is 1. The zero-order chi connectivity index (χ0) is 13.7. The second-order valence-electron chi connectivity index (χ2n) is 3.83. The highest BCUT2D eigenvalue weighted by atomic mass is 32.1. The lowest BCUT2D eigenvalue weighted by Gasteiger charge is -1.93. The number of hydrogen-bond acceptors (Lipinski definition) is 5. The van der Waals surface area contributed by atoms with Gasteiger partial charge in [-0.1, -0.05) is 25.2 Å². The monoisotopic (exact) mass is 293 g/mol. The second kappa shape index (κ2) is 6.58. The summed E-state index contributed by atoms with van der Waals surface area (Å²) in [5, 5.41) is 12.0. The van der Waals surface area contributed by atoms with E-state index in [4.69, 9.17) is 0 Å². The van der Waals surface area contributed by atoms with Gasteiger partial charge in [0.05, 0.1) is 0 Å². The topological polar surface area (TPSA) is 54.9 Å². The van der Waals surface area contributed by atoms with Crippen LogP contribution in [0.15, 0.2) is 18.2 Å². The van der Waals surface area contributed by atoms with Crippen molar-refractivity contribution in [3.63, 3.8) is 0 Å². The maximum atomic E-state index is 11.7. The first-order chi connectivity index (χ1) is 9.21. The van der Waals surface area contributed by atoms with Gasteiger partial charge in [0, 0.05) is 15.8 Å². The summed E-state index contributed by atoms with van der Waals surface area (Å²) >= 11 is 3.10. The van der Waals surface area contributed by atoms with Crippen molar-refractivity contribution in [3.8, 4) is 0 Å². The van der Waals surface area contributed by atoms with Gasteiger partial charge in [-0.25, -0.2) is 0 Å². The normalized spacial score (nSPS) is 11.1. The van der Waals surface area contributed by atoms with Gasteiger partial charge in [-0.3, -0.25) is 10.1 Å². The van der Waals surface area contributed by atoms with E-state index < -0.39 is 0 Å². The van der Waals surface area contributed by atoms with E-state index >= 15 is 0 Å². The molecule has 0 saturated heterocycles. The van der Waals surface area contributed by atoms with E-state index in [0.717, 1.165) is 22.7 Å². The van der Waals surface area contributed by atoms with E-state index in [1.54, 1.807) is 11.3 Å². The van der Waals surface area contributed by atoms with Crippen LogP contribution >= 0.6 is 22.7 Å². The highest BCUT2D eigenvalue weighted by molar-refractivity contribution is 7.15. The molecule has 0 radical (unpaired) electrons. The van der Waals surface area contributed by atoms with E-state index in [1.165, 1.54) is 22.3 Å². The largest absolute Gasteiger partial charge is 0.297 e. The molecule has 0 aliphatic carbocycles. The van der Waals surface area contributed by atoms with Crippen LogP contribution in [0, 0.1) is 0 Å². The quantitative estimate of drug-likeness (QED) is 0.860. The van der Waals surface area contributed by atoms with Gasteiger partial charge in [0.2, 0.25) is 11.0 Å². The first-order valence-corrected chi connectivity index (χ1v) is 7.74. The molecule has 0 aliphatic heterocycles. The molecule has 100 valence electrons. The Balaban J connectivity index is 1.93. The highest BCUT2D eigenvalue weighted by Crippen LogP contribution is 2.19. The minimum atomic E-state index is -0.176. The fraction of sp³-hybridized carbons (Fsp3) is 0.308. The van der Waals surface area contributed by atoms with Crippen LogP contribution in [0.4, 0.5) is 5.13 Å². The zero-order valence-electron chi connectivity index (χ0n) is 10.8. The molecule has 1 N–H and O–H groups in total. The number of anilines is 1. The summed E-state index contributed by atoms with van der Waals surface area (Å²) in [7, 11) is 0. The van der Waals surface area contributed by atoms with Crippen molar-refractivity contribution in [2.45, 2.75) is 26.7 Å². The molecular formula is C13H15N3OS2. The molecule has 0 aliphatic rings. The molecule has 4 nitrogen and oxygen atoms in total. The van der Waals surface area contributed by atoms with E-state index in [-0.39, 0.29) is 5.91 Å². The molecule has 0 saturated carbocycles. The smallest absolute Gasteiger partial charge is 0.250 e. The van der Waals surface area contributed by atoms with Gasteiger partial charge in [-0.15, -0.1) is 21.5 Å². The average Bonchev–Trinajstić information content (AvgIpc) is 3.04. The number of amides is 1. The molecule has 2 heterocycles. The summed E-state index contributed by atoms with van der Waals surface area (Å²) in [5.41, 5.74) is 0. The summed E-state index contributed by atoms with van der Waals surface area (Å²) in [6.45, 7) is 4.13. The lowest BCUT2D eigenvalue weighted by molar-refractivity contribution is -0.111. The van der Waals surface area contributed by atoms with Crippen molar-refractivity contribution in [1.29, 1.82) is 0 Å². The lowest BCUT2D eigenvalue weighted by Crippen LogP contribution is -2.07. The summed E-state index contributed by atoms with van der Waals surface area (Å²) in [4.78, 5) is 14.1. The van der Waals surface area contributed by atoms with Gasteiger partial charge in [0.25, 0.3) is 0 Å². The number of thiophene rings is 1. The summed E-state index contributed by atoms with van der Waals surface area (Å²) in [5.74, 6) is -0.176. The molecule has 0 aromatic carbocycles. The Morgan fingerprint density at radius 2 is 2.11 bits per heavy atom. The number of carbonyl (C=O) groups is 1. The predicted molar refractivity (Wildman–Crippen MR) is 80.6 cm³/mol. The van der Waals surface area contributed by atoms with Gasteiger partial charge in [0.1, 0.15) is 5.01 Å². The van der Waals surface area contributed by atoms with Crippen molar-refractivity contribution in [3.05, 3.63) is 33.0 Å². The van der Waals surface area contributed by atoms with Crippen LogP contribution < -0.4 is 5.32 Å². The Kier molecular flexibility index (Phi) is 4.81. The van der Waals surface area contributed by atoms with E-state index in [9.17, 15) is 4.79 Å². The number of aryl methyl sites for hydroxylation is 2. The van der Waals surface area contributed by atoms with Gasteiger partial charge in [-0.05, 0) is 31.1 Å². The molecule has 2 aromatic rings. The maximum Gasteiger partial charge on any atom is 0.250 e. The van der Waals surface area contributed by atoms with Crippen molar-refractivity contribution in [2.75, 3.05) is 5.32 Å². The molecule has 2 aromatic heterocycles. The van der Waals surface area contributed by atoms with Crippen molar-refractivity contribution in [1.82, 2.24) is 10.2 Å². The molecule has 0 atom stereocenters. The number of carbonyl (C=O) groups excluding carboxylic acids is 1. The van der Waals surface area contributed by atoms with Crippen LogP contribution in [0.25, 0.3) is 6.08 Å². The molecule has 0 spiro atoms. The SMILES string of the molecule is CCc1ccc(C=CC(=O)Nc2nnc(CC)s2)s1. The van der Waals surface area contributed by atoms with Crippen molar-refractivity contribution in [2.24, 2.45) is 0 Å². The minimum Gasteiger partial charge on any atom is -0.297 e. The van der Waals surface area contributed by atoms with Gasteiger partial charge < -0.3 is 0 Å². The fourth-order valence-electron chi connectivity index (χ4n) is 1.43.